The molecule has 0 spiro atoms. The molecule has 1 fully saturated rings. The number of anilines is 1. The molecule has 2 N–H and O–H groups in total. The van der Waals surface area contributed by atoms with Gasteiger partial charge in [-0.25, -0.2) is 0 Å². The Hall–Kier alpha value is -1.16. The largest absolute Gasteiger partial charge is 0.376 e. The average molecular weight is 278 g/mol. The maximum atomic E-state index is 11.9. The van der Waals surface area contributed by atoms with E-state index in [0.29, 0.717) is 12.6 Å². The van der Waals surface area contributed by atoms with E-state index in [9.17, 15) is 4.79 Å². The summed E-state index contributed by atoms with van der Waals surface area (Å²) in [5.74, 6) is 0.0939. The van der Waals surface area contributed by atoms with Crippen molar-refractivity contribution in [1.82, 2.24) is 5.32 Å². The van der Waals surface area contributed by atoms with Crippen LogP contribution >= 0.6 is 11.8 Å². The maximum absolute atomic E-state index is 11.9. The molecule has 4 heteroatoms. The third-order valence-corrected chi connectivity index (χ3v) is 4.74. The van der Waals surface area contributed by atoms with Crippen LogP contribution in [0.25, 0.3) is 0 Å². The number of para-hydroxylation sites is 1. The lowest BCUT2D eigenvalue weighted by Gasteiger charge is -2.28. The van der Waals surface area contributed by atoms with Crippen LogP contribution in [0.15, 0.2) is 30.3 Å². The van der Waals surface area contributed by atoms with Crippen LogP contribution in [-0.2, 0) is 4.79 Å². The van der Waals surface area contributed by atoms with Crippen molar-refractivity contribution in [2.75, 3.05) is 18.1 Å². The van der Waals surface area contributed by atoms with Gasteiger partial charge in [-0.05, 0) is 44.1 Å². The summed E-state index contributed by atoms with van der Waals surface area (Å²) in [7, 11) is 0. The molecule has 0 radical (unpaired) electrons. The number of carbonyl (C=O) groups excluding carboxylic acids is 1. The normalized spacial score (nSPS) is 22.8. The molecule has 0 bridgehead atoms. The van der Waals surface area contributed by atoms with Crippen molar-refractivity contribution >= 4 is 23.4 Å². The standard InChI is InChI=1S/C15H22N2OS/c1-19-14-9-7-13(8-10-14)17-15(18)11-16-12-5-3-2-4-6-12/h2-6,13-14,16H,7-11H2,1H3,(H,17,18). The number of amides is 1. The molecule has 0 aliphatic heterocycles. The SMILES string of the molecule is CSC1CCC(NC(=O)CNc2ccccc2)CC1. The van der Waals surface area contributed by atoms with E-state index in [1.165, 1.54) is 12.8 Å². The van der Waals surface area contributed by atoms with Gasteiger partial charge >= 0.3 is 0 Å². The van der Waals surface area contributed by atoms with Crippen LogP contribution in [0.1, 0.15) is 25.7 Å². The average Bonchev–Trinajstić information content (AvgIpc) is 2.47. The van der Waals surface area contributed by atoms with Gasteiger partial charge in [-0.3, -0.25) is 4.79 Å². The van der Waals surface area contributed by atoms with Crippen LogP contribution in [0, 0.1) is 0 Å². The van der Waals surface area contributed by atoms with Crippen LogP contribution in [0.4, 0.5) is 5.69 Å². The zero-order valence-corrected chi connectivity index (χ0v) is 12.2. The summed E-state index contributed by atoms with van der Waals surface area (Å²) < 4.78 is 0. The molecule has 19 heavy (non-hydrogen) atoms. The van der Waals surface area contributed by atoms with E-state index in [4.69, 9.17) is 0 Å². The lowest BCUT2D eigenvalue weighted by atomic mass is 9.95. The fraction of sp³-hybridized carbons (Fsp3) is 0.533. The Kier molecular flexibility index (Phi) is 5.58. The van der Waals surface area contributed by atoms with Gasteiger partial charge in [0.1, 0.15) is 0 Å². The quantitative estimate of drug-likeness (QED) is 0.870. The molecular weight excluding hydrogens is 256 g/mol. The molecular formula is C15H22N2OS. The third kappa shape index (κ3) is 4.78. The predicted molar refractivity (Wildman–Crippen MR) is 82.6 cm³/mol. The Morgan fingerprint density at radius 2 is 1.89 bits per heavy atom. The van der Waals surface area contributed by atoms with Gasteiger partial charge in [-0.15, -0.1) is 0 Å². The van der Waals surface area contributed by atoms with Gasteiger partial charge in [0.15, 0.2) is 0 Å². The number of carbonyl (C=O) groups is 1. The van der Waals surface area contributed by atoms with Gasteiger partial charge in [-0.1, -0.05) is 18.2 Å². The molecule has 104 valence electrons. The first kappa shape index (κ1) is 14.3. The van der Waals surface area contributed by atoms with Crippen LogP contribution in [-0.4, -0.2) is 30.0 Å². The molecule has 1 aliphatic carbocycles. The van der Waals surface area contributed by atoms with E-state index in [2.05, 4.69) is 16.9 Å². The Bertz CT molecular complexity index is 388. The first-order chi connectivity index (χ1) is 9.28. The summed E-state index contributed by atoms with van der Waals surface area (Å²) in [5, 5.41) is 7.05. The minimum atomic E-state index is 0.0939. The smallest absolute Gasteiger partial charge is 0.239 e. The molecule has 0 atom stereocenters. The second kappa shape index (κ2) is 7.43. The molecule has 1 aromatic carbocycles. The van der Waals surface area contributed by atoms with Crippen molar-refractivity contribution in [2.45, 2.75) is 37.0 Å². The lowest BCUT2D eigenvalue weighted by Crippen LogP contribution is -2.40. The van der Waals surface area contributed by atoms with Gasteiger partial charge in [0.25, 0.3) is 0 Å². The molecule has 2 rings (SSSR count). The Morgan fingerprint density at radius 1 is 1.21 bits per heavy atom. The Morgan fingerprint density at radius 3 is 2.53 bits per heavy atom. The summed E-state index contributed by atoms with van der Waals surface area (Å²) >= 11 is 1.95. The summed E-state index contributed by atoms with van der Waals surface area (Å²) in [4.78, 5) is 11.9. The van der Waals surface area contributed by atoms with E-state index in [1.54, 1.807) is 0 Å². The fourth-order valence-corrected chi connectivity index (χ4v) is 3.20. The van der Waals surface area contributed by atoms with Crippen molar-refractivity contribution in [2.24, 2.45) is 0 Å². The van der Waals surface area contributed by atoms with Crippen LogP contribution in [0.5, 0.6) is 0 Å². The zero-order chi connectivity index (χ0) is 13.5. The highest BCUT2D eigenvalue weighted by Crippen LogP contribution is 2.26. The molecule has 1 amide bonds. The number of benzene rings is 1. The minimum Gasteiger partial charge on any atom is -0.376 e. The lowest BCUT2D eigenvalue weighted by molar-refractivity contribution is -0.120. The second-order valence-corrected chi connectivity index (χ2v) is 6.13. The molecule has 1 saturated carbocycles. The maximum Gasteiger partial charge on any atom is 0.239 e. The van der Waals surface area contributed by atoms with E-state index in [1.807, 2.05) is 42.1 Å². The van der Waals surface area contributed by atoms with E-state index in [-0.39, 0.29) is 5.91 Å². The summed E-state index contributed by atoms with van der Waals surface area (Å²) in [6, 6.07) is 10.2. The highest BCUT2D eigenvalue weighted by Gasteiger charge is 2.21. The van der Waals surface area contributed by atoms with Gasteiger partial charge in [-0.2, -0.15) is 11.8 Å². The molecule has 0 saturated heterocycles. The predicted octanol–water partition coefficient (Wildman–Crippen LogP) is 2.89. The first-order valence-electron chi connectivity index (χ1n) is 6.89. The third-order valence-electron chi connectivity index (χ3n) is 3.60. The summed E-state index contributed by atoms with van der Waals surface area (Å²) in [5.41, 5.74) is 0.990. The topological polar surface area (TPSA) is 41.1 Å². The van der Waals surface area contributed by atoms with Crippen molar-refractivity contribution in [1.29, 1.82) is 0 Å². The van der Waals surface area contributed by atoms with Crippen LogP contribution in [0.2, 0.25) is 0 Å². The zero-order valence-electron chi connectivity index (χ0n) is 11.4. The van der Waals surface area contributed by atoms with Gasteiger partial charge in [0.2, 0.25) is 5.91 Å². The van der Waals surface area contributed by atoms with Gasteiger partial charge in [0, 0.05) is 17.0 Å². The molecule has 1 aliphatic rings. The number of hydrogen-bond donors (Lipinski definition) is 2. The monoisotopic (exact) mass is 278 g/mol. The van der Waals surface area contributed by atoms with Crippen molar-refractivity contribution in [3.63, 3.8) is 0 Å². The van der Waals surface area contributed by atoms with Crippen molar-refractivity contribution < 1.29 is 4.79 Å². The Balaban J connectivity index is 1.67. The fourth-order valence-electron chi connectivity index (χ4n) is 2.46. The van der Waals surface area contributed by atoms with Crippen molar-refractivity contribution in [3.05, 3.63) is 30.3 Å². The van der Waals surface area contributed by atoms with Gasteiger partial charge in [0.05, 0.1) is 6.54 Å². The summed E-state index contributed by atoms with van der Waals surface area (Å²) in [6.45, 7) is 0.354. The van der Waals surface area contributed by atoms with E-state index in [0.717, 1.165) is 23.8 Å². The second-order valence-electron chi connectivity index (χ2n) is 5.00. The molecule has 1 aromatic rings. The Labute approximate surface area is 119 Å². The highest BCUT2D eigenvalue weighted by atomic mass is 32.2. The molecule has 0 heterocycles. The number of nitrogens with one attached hydrogen (secondary N) is 2. The van der Waals surface area contributed by atoms with Crippen LogP contribution in [0.3, 0.4) is 0 Å². The highest BCUT2D eigenvalue weighted by molar-refractivity contribution is 7.99. The molecule has 3 nitrogen and oxygen atoms in total. The van der Waals surface area contributed by atoms with E-state index < -0.39 is 0 Å². The molecule has 0 aromatic heterocycles. The molecule has 0 unspecified atom stereocenters. The number of hydrogen-bond acceptors (Lipinski definition) is 3. The number of rotatable bonds is 5. The van der Waals surface area contributed by atoms with Crippen molar-refractivity contribution in [3.8, 4) is 0 Å². The first-order valence-corrected chi connectivity index (χ1v) is 8.18. The minimum absolute atomic E-state index is 0.0939. The van der Waals surface area contributed by atoms with Crippen LogP contribution < -0.4 is 10.6 Å². The number of thioether (sulfide) groups is 1. The summed E-state index contributed by atoms with van der Waals surface area (Å²) in [6.07, 6.45) is 6.84. The van der Waals surface area contributed by atoms with Gasteiger partial charge < -0.3 is 10.6 Å². The van der Waals surface area contributed by atoms with E-state index >= 15 is 0 Å².